The van der Waals surface area contributed by atoms with Crippen LogP contribution in [0.15, 0.2) is 49.0 Å². The van der Waals surface area contributed by atoms with E-state index < -0.39 is 76.3 Å². The largest absolute Gasteiger partial charge is 0.346 e. The molecule has 1 saturated carbocycles. The maximum absolute atomic E-state index is 14.7. The highest BCUT2D eigenvalue weighted by molar-refractivity contribution is 6.38. The number of Topliss-reactive ketones (excluding diaryl/α,β-unsaturated/α-hetero) is 1. The molecule has 2 aliphatic heterocycles. The van der Waals surface area contributed by atoms with Crippen molar-refractivity contribution in [3.8, 4) is 0 Å². The zero-order chi connectivity index (χ0) is 41.0. The summed E-state index contributed by atoms with van der Waals surface area (Å²) in [5.74, 6) is -3.71. The van der Waals surface area contributed by atoms with Crippen molar-refractivity contribution in [1.82, 2.24) is 36.1 Å². The number of carbonyl (C=O) groups is 7. The summed E-state index contributed by atoms with van der Waals surface area (Å²) >= 11 is 0. The molecule has 55 heavy (non-hydrogen) atoms. The zero-order valence-electron chi connectivity index (χ0n) is 33.4. The second kappa shape index (κ2) is 17.1. The fraction of sp³-hybridized carbons (Fsp3) is 0.585. The Labute approximate surface area is 324 Å². The third-order valence-corrected chi connectivity index (χ3v) is 10.6. The van der Waals surface area contributed by atoms with Gasteiger partial charge >= 0.3 is 6.03 Å². The molecule has 3 heterocycles. The Morgan fingerprint density at radius 2 is 1.64 bits per heavy atom. The molecule has 1 aromatic rings. The molecular formula is C41H57N7O7. The number of fused-ring (bicyclic) bond motifs is 1. The summed E-state index contributed by atoms with van der Waals surface area (Å²) < 4.78 is 0. The van der Waals surface area contributed by atoms with Crippen LogP contribution in [0.2, 0.25) is 0 Å². The molecule has 0 spiro atoms. The molecule has 1 aromatic heterocycles. The summed E-state index contributed by atoms with van der Waals surface area (Å²) in [4.78, 5) is 101. The van der Waals surface area contributed by atoms with Crippen molar-refractivity contribution in [2.75, 3.05) is 19.6 Å². The summed E-state index contributed by atoms with van der Waals surface area (Å²) in [7, 11) is 0. The summed E-state index contributed by atoms with van der Waals surface area (Å²) in [6, 6.07) is -3.15. The minimum atomic E-state index is -1.13. The number of amides is 7. The van der Waals surface area contributed by atoms with E-state index in [2.05, 4.69) is 45.1 Å². The Morgan fingerprint density at radius 3 is 2.18 bits per heavy atom. The summed E-state index contributed by atoms with van der Waals surface area (Å²) in [5.41, 5.74) is 2.81. The first-order chi connectivity index (χ1) is 25.7. The molecule has 0 bridgehead atoms. The van der Waals surface area contributed by atoms with Crippen LogP contribution in [0.5, 0.6) is 0 Å². The first kappa shape index (κ1) is 42.6. The molecule has 14 heteroatoms. The predicted molar refractivity (Wildman–Crippen MR) is 206 cm³/mol. The first-order valence-corrected chi connectivity index (χ1v) is 19.0. The van der Waals surface area contributed by atoms with Crippen LogP contribution in [0, 0.1) is 28.6 Å². The Bertz CT molecular complexity index is 1730. The lowest BCUT2D eigenvalue weighted by molar-refractivity contribution is -0.143. The molecule has 1 aliphatic carbocycles. The molecule has 5 atom stereocenters. The first-order valence-electron chi connectivity index (χ1n) is 19.0. The molecule has 2 unspecified atom stereocenters. The maximum atomic E-state index is 14.7. The number of aromatic nitrogens is 1. The fourth-order valence-corrected chi connectivity index (χ4v) is 7.13. The van der Waals surface area contributed by atoms with Crippen molar-refractivity contribution in [2.45, 2.75) is 105 Å². The van der Waals surface area contributed by atoms with Gasteiger partial charge in [0.2, 0.25) is 17.6 Å². The normalized spacial score (nSPS) is 19.9. The van der Waals surface area contributed by atoms with Gasteiger partial charge in [0.25, 0.3) is 17.7 Å². The van der Waals surface area contributed by atoms with Crippen LogP contribution in [-0.2, 0) is 19.2 Å². The third kappa shape index (κ3) is 10.2. The van der Waals surface area contributed by atoms with Gasteiger partial charge in [0.1, 0.15) is 12.1 Å². The van der Waals surface area contributed by atoms with Gasteiger partial charge in [0.15, 0.2) is 0 Å². The summed E-state index contributed by atoms with van der Waals surface area (Å²) in [5, 5.41) is 11.1. The molecular weight excluding hydrogens is 702 g/mol. The van der Waals surface area contributed by atoms with Gasteiger partial charge in [-0.1, -0.05) is 80.9 Å². The van der Waals surface area contributed by atoms with Crippen LogP contribution in [0.4, 0.5) is 4.79 Å². The Morgan fingerprint density at radius 1 is 0.982 bits per heavy atom. The van der Waals surface area contributed by atoms with Gasteiger partial charge in [0.05, 0.1) is 29.8 Å². The average Bonchev–Trinajstić information content (AvgIpc) is 3.77. The highest BCUT2D eigenvalue weighted by atomic mass is 16.2. The van der Waals surface area contributed by atoms with Gasteiger partial charge in [-0.3, -0.25) is 38.7 Å². The quantitative estimate of drug-likeness (QED) is 0.0905. The van der Waals surface area contributed by atoms with Crippen molar-refractivity contribution < 1.29 is 33.6 Å². The number of likely N-dealkylation sites (tertiary alicyclic amines) is 1. The van der Waals surface area contributed by atoms with Crippen LogP contribution in [0.1, 0.15) is 102 Å². The lowest BCUT2D eigenvalue weighted by atomic mass is 9.85. The fourth-order valence-electron chi connectivity index (χ4n) is 7.13. The van der Waals surface area contributed by atoms with Crippen molar-refractivity contribution >= 4 is 41.4 Å². The monoisotopic (exact) mass is 759 g/mol. The SMILES string of the molecule is C=C=C(C(C)C)C1C[C@@H](C(=O)NC(CC2CC2)C(=O)C(=O)NCC=C)N(C(=O)[C@@H](NC(=O)N[C@H](CN2C(=O)c3ccncc3C2=O)C(C)(C)C)C(C)(C)C)C1. The molecule has 0 radical (unpaired) electrons. The number of imide groups is 1. The van der Waals surface area contributed by atoms with Gasteiger partial charge in [0, 0.05) is 31.4 Å². The van der Waals surface area contributed by atoms with Crippen molar-refractivity contribution in [1.29, 1.82) is 0 Å². The zero-order valence-corrected chi connectivity index (χ0v) is 33.4. The number of hydrogen-bond donors (Lipinski definition) is 4. The van der Waals surface area contributed by atoms with E-state index in [4.69, 9.17) is 0 Å². The topological polar surface area (TPSA) is 187 Å². The molecule has 14 nitrogen and oxygen atoms in total. The van der Waals surface area contributed by atoms with E-state index in [0.717, 1.165) is 23.3 Å². The van der Waals surface area contributed by atoms with Crippen molar-refractivity contribution in [3.63, 3.8) is 0 Å². The van der Waals surface area contributed by atoms with E-state index in [1.54, 1.807) is 20.8 Å². The van der Waals surface area contributed by atoms with E-state index in [-0.39, 0.29) is 54.9 Å². The molecule has 298 valence electrons. The van der Waals surface area contributed by atoms with E-state index in [1.165, 1.54) is 29.4 Å². The minimum absolute atomic E-state index is 0.0223. The number of carbonyl (C=O) groups excluding carboxylic acids is 7. The van der Waals surface area contributed by atoms with Crippen LogP contribution in [0.3, 0.4) is 0 Å². The highest BCUT2D eigenvalue weighted by Gasteiger charge is 2.47. The lowest BCUT2D eigenvalue weighted by Gasteiger charge is -2.37. The van der Waals surface area contributed by atoms with Gasteiger partial charge in [-0.25, -0.2) is 4.79 Å². The van der Waals surface area contributed by atoms with Gasteiger partial charge in [-0.15, -0.1) is 12.3 Å². The number of urea groups is 1. The van der Waals surface area contributed by atoms with Gasteiger partial charge in [-0.2, -0.15) is 0 Å². The molecule has 4 N–H and O–H groups in total. The molecule has 7 amide bonds. The lowest BCUT2D eigenvalue weighted by Crippen LogP contribution is -2.62. The Hall–Kier alpha value is -5.10. The third-order valence-electron chi connectivity index (χ3n) is 10.6. The van der Waals surface area contributed by atoms with E-state index in [9.17, 15) is 33.6 Å². The number of pyridine rings is 1. The number of nitrogens with zero attached hydrogens (tertiary/aromatic N) is 3. The van der Waals surface area contributed by atoms with Gasteiger partial charge in [-0.05, 0) is 47.1 Å². The summed E-state index contributed by atoms with van der Waals surface area (Å²) in [6.07, 6.45) is 6.55. The second-order valence-electron chi connectivity index (χ2n) is 17.3. The molecule has 1 saturated heterocycles. The minimum Gasteiger partial charge on any atom is -0.346 e. The Kier molecular flexibility index (Phi) is 13.3. The molecule has 4 rings (SSSR count). The van der Waals surface area contributed by atoms with Gasteiger partial charge < -0.3 is 26.2 Å². The number of rotatable bonds is 15. The standard InChI is InChI=1S/C41H57N7O7/c1-11-16-43-35(51)32(49)29(18-24-13-14-24)44-34(50)30-19-25(26(12-2)23(3)4)21-47(30)38(54)33(41(8,9)10)46-39(55)45-31(40(5,6)7)22-48-36(52)27-15-17-42-20-28(27)37(48)53/h11,15,17,20,23-25,29-31,33H,1-2,13-14,16,18-19,21-22H2,3-10H3,(H,43,51)(H,44,50)(H2,45,46,55)/t25?,29?,30-,31+,33+/m0/s1. The number of ketones is 1. The molecule has 0 aromatic carbocycles. The van der Waals surface area contributed by atoms with E-state index in [1.807, 2.05) is 34.6 Å². The predicted octanol–water partition coefficient (Wildman–Crippen LogP) is 3.55. The van der Waals surface area contributed by atoms with Crippen molar-refractivity contribution in [2.24, 2.45) is 28.6 Å². The second-order valence-corrected chi connectivity index (χ2v) is 17.3. The molecule has 2 fully saturated rings. The van der Waals surface area contributed by atoms with Crippen LogP contribution >= 0.6 is 0 Å². The highest BCUT2D eigenvalue weighted by Crippen LogP contribution is 2.36. The maximum Gasteiger partial charge on any atom is 0.315 e. The number of hydrogen-bond acceptors (Lipinski definition) is 8. The van der Waals surface area contributed by atoms with Crippen LogP contribution in [0.25, 0.3) is 0 Å². The smallest absolute Gasteiger partial charge is 0.315 e. The average molecular weight is 760 g/mol. The van der Waals surface area contributed by atoms with E-state index in [0.29, 0.717) is 6.42 Å². The number of nitrogens with one attached hydrogen (secondary N) is 4. The Balaban J connectivity index is 1.58. The van der Waals surface area contributed by atoms with Crippen LogP contribution in [-0.4, -0.2) is 99.9 Å². The van der Waals surface area contributed by atoms with Crippen LogP contribution < -0.4 is 21.3 Å². The molecule has 3 aliphatic rings. The van der Waals surface area contributed by atoms with Crippen molar-refractivity contribution in [3.05, 3.63) is 60.1 Å². The van der Waals surface area contributed by atoms with E-state index >= 15 is 0 Å². The summed E-state index contributed by atoms with van der Waals surface area (Å²) in [6.45, 7) is 22.5.